The van der Waals surface area contributed by atoms with Crippen molar-refractivity contribution in [2.75, 3.05) is 13.1 Å². The molecule has 0 saturated heterocycles. The summed E-state index contributed by atoms with van der Waals surface area (Å²) < 4.78 is 5.28. The number of carboxylic acid groups (broad SMARTS) is 1. The third kappa shape index (κ3) is 4.89. The van der Waals surface area contributed by atoms with Crippen molar-refractivity contribution in [1.29, 1.82) is 0 Å². The largest absolute Gasteiger partial charge is 0.478 e. The molecule has 1 amide bonds. The summed E-state index contributed by atoms with van der Waals surface area (Å²) >= 11 is 1.41. The van der Waals surface area contributed by atoms with E-state index in [-0.39, 0.29) is 11.5 Å². The van der Waals surface area contributed by atoms with E-state index in [2.05, 4.69) is 13.8 Å². The van der Waals surface area contributed by atoms with E-state index >= 15 is 0 Å². The maximum Gasteiger partial charge on any atom is 0.339 e. The van der Waals surface area contributed by atoms with Gasteiger partial charge in [0.25, 0.3) is 5.91 Å². The highest BCUT2D eigenvalue weighted by molar-refractivity contribution is 7.98. The summed E-state index contributed by atoms with van der Waals surface area (Å²) in [5.74, 6) is -0.227. The SMILES string of the molecule is CCCN(CCC)C(=O)c1ccccc1SCc1occc1C(=O)O. The second-order valence-electron chi connectivity index (χ2n) is 5.64. The number of carbonyl (C=O) groups excluding carboxylic acids is 1. The first-order valence-corrected chi connectivity index (χ1v) is 9.37. The van der Waals surface area contributed by atoms with Gasteiger partial charge in [0, 0.05) is 18.0 Å². The van der Waals surface area contributed by atoms with E-state index in [1.54, 1.807) is 0 Å². The third-order valence-electron chi connectivity index (χ3n) is 3.73. The lowest BCUT2D eigenvalue weighted by molar-refractivity contribution is 0.0693. The lowest BCUT2D eigenvalue weighted by atomic mass is 10.2. The van der Waals surface area contributed by atoms with E-state index in [1.807, 2.05) is 29.2 Å². The smallest absolute Gasteiger partial charge is 0.339 e. The van der Waals surface area contributed by atoms with Crippen LogP contribution in [0.4, 0.5) is 0 Å². The fraction of sp³-hybridized carbons (Fsp3) is 0.368. The van der Waals surface area contributed by atoms with Gasteiger partial charge >= 0.3 is 5.97 Å². The molecule has 6 heteroatoms. The molecule has 1 aromatic carbocycles. The number of furan rings is 1. The number of hydrogen-bond donors (Lipinski definition) is 1. The van der Waals surface area contributed by atoms with Crippen molar-refractivity contribution in [2.45, 2.75) is 37.3 Å². The number of aromatic carboxylic acids is 1. The van der Waals surface area contributed by atoms with Crippen molar-refractivity contribution >= 4 is 23.6 Å². The van der Waals surface area contributed by atoms with Gasteiger partial charge in [-0.15, -0.1) is 11.8 Å². The minimum Gasteiger partial charge on any atom is -0.478 e. The Morgan fingerprint density at radius 2 is 1.76 bits per heavy atom. The molecule has 0 bridgehead atoms. The molecule has 0 radical (unpaired) electrons. The summed E-state index contributed by atoms with van der Waals surface area (Å²) in [5, 5.41) is 9.16. The van der Waals surface area contributed by atoms with Gasteiger partial charge in [0.1, 0.15) is 11.3 Å². The Kier molecular flexibility index (Phi) is 7.13. The minimum atomic E-state index is -1.01. The van der Waals surface area contributed by atoms with Crippen LogP contribution in [-0.2, 0) is 5.75 Å². The molecule has 0 saturated carbocycles. The van der Waals surface area contributed by atoms with E-state index in [9.17, 15) is 9.59 Å². The van der Waals surface area contributed by atoms with Crippen LogP contribution in [-0.4, -0.2) is 35.0 Å². The van der Waals surface area contributed by atoms with Crippen molar-refractivity contribution in [2.24, 2.45) is 0 Å². The van der Waals surface area contributed by atoms with Crippen molar-refractivity contribution in [3.05, 3.63) is 53.5 Å². The molecule has 0 atom stereocenters. The molecule has 0 aliphatic heterocycles. The first-order chi connectivity index (χ1) is 12.1. The Morgan fingerprint density at radius 3 is 2.40 bits per heavy atom. The molecule has 5 nitrogen and oxygen atoms in total. The summed E-state index contributed by atoms with van der Waals surface area (Å²) in [6, 6.07) is 8.88. The molecule has 1 N–H and O–H groups in total. The third-order valence-corrected chi connectivity index (χ3v) is 4.80. The first-order valence-electron chi connectivity index (χ1n) is 8.39. The number of benzene rings is 1. The fourth-order valence-corrected chi connectivity index (χ4v) is 3.58. The number of rotatable bonds is 9. The van der Waals surface area contributed by atoms with Gasteiger partial charge in [-0.25, -0.2) is 4.79 Å². The summed E-state index contributed by atoms with van der Waals surface area (Å²) in [7, 11) is 0. The monoisotopic (exact) mass is 361 g/mol. The van der Waals surface area contributed by atoms with Gasteiger partial charge in [0.15, 0.2) is 0 Å². The Balaban J connectivity index is 2.18. The van der Waals surface area contributed by atoms with Crippen LogP contribution in [0, 0.1) is 0 Å². The van der Waals surface area contributed by atoms with Gasteiger partial charge < -0.3 is 14.4 Å². The summed E-state index contributed by atoms with van der Waals surface area (Å²) in [6.45, 7) is 5.57. The zero-order valence-electron chi connectivity index (χ0n) is 14.5. The number of carboxylic acids is 1. The quantitative estimate of drug-likeness (QED) is 0.664. The first kappa shape index (κ1) is 19.1. The van der Waals surface area contributed by atoms with E-state index in [4.69, 9.17) is 9.52 Å². The highest BCUT2D eigenvalue weighted by atomic mass is 32.2. The molecular formula is C19H23NO4S. The van der Waals surface area contributed by atoms with Gasteiger partial charge in [-0.1, -0.05) is 26.0 Å². The molecule has 2 rings (SSSR count). The van der Waals surface area contributed by atoms with E-state index < -0.39 is 5.97 Å². The van der Waals surface area contributed by atoms with Crippen LogP contribution in [0.25, 0.3) is 0 Å². The molecule has 1 heterocycles. The number of thioether (sulfide) groups is 1. The number of nitrogens with zero attached hydrogens (tertiary/aromatic N) is 1. The second kappa shape index (κ2) is 9.32. The maximum atomic E-state index is 12.9. The normalized spacial score (nSPS) is 10.6. The second-order valence-corrected chi connectivity index (χ2v) is 6.66. The molecule has 134 valence electrons. The zero-order valence-corrected chi connectivity index (χ0v) is 15.3. The van der Waals surface area contributed by atoms with Crippen LogP contribution in [0.3, 0.4) is 0 Å². The molecule has 1 aromatic heterocycles. The highest BCUT2D eigenvalue weighted by Crippen LogP contribution is 2.29. The van der Waals surface area contributed by atoms with Crippen LogP contribution in [0.5, 0.6) is 0 Å². The Hall–Kier alpha value is -2.21. The van der Waals surface area contributed by atoms with Crippen molar-refractivity contribution in [3.63, 3.8) is 0 Å². The van der Waals surface area contributed by atoms with E-state index in [1.165, 1.54) is 24.1 Å². The molecular weight excluding hydrogens is 338 g/mol. The zero-order chi connectivity index (χ0) is 18.2. The topological polar surface area (TPSA) is 70.8 Å². The van der Waals surface area contributed by atoms with Crippen LogP contribution in [0.2, 0.25) is 0 Å². The minimum absolute atomic E-state index is 0.0182. The van der Waals surface area contributed by atoms with Gasteiger partial charge in [-0.05, 0) is 31.0 Å². The van der Waals surface area contributed by atoms with Crippen molar-refractivity contribution in [1.82, 2.24) is 4.90 Å². The van der Waals surface area contributed by atoms with Gasteiger partial charge in [0.2, 0.25) is 0 Å². The lowest BCUT2D eigenvalue weighted by Gasteiger charge is -2.22. The molecule has 0 aliphatic rings. The molecule has 0 spiro atoms. The number of hydrogen-bond acceptors (Lipinski definition) is 4. The van der Waals surface area contributed by atoms with Gasteiger partial charge in [-0.2, -0.15) is 0 Å². The summed E-state index contributed by atoms with van der Waals surface area (Å²) in [4.78, 5) is 26.8. The molecule has 25 heavy (non-hydrogen) atoms. The summed E-state index contributed by atoms with van der Waals surface area (Å²) in [6.07, 6.45) is 3.20. The molecule has 0 unspecified atom stereocenters. The van der Waals surface area contributed by atoms with E-state index in [0.29, 0.717) is 17.1 Å². The Bertz CT molecular complexity index is 720. The Morgan fingerprint density at radius 1 is 1.08 bits per heavy atom. The van der Waals surface area contributed by atoms with Crippen LogP contribution in [0.15, 0.2) is 45.9 Å². The Labute approximate surface area is 152 Å². The molecule has 0 fully saturated rings. The highest BCUT2D eigenvalue weighted by Gasteiger charge is 2.19. The predicted octanol–water partition coefficient (Wildman–Crippen LogP) is 4.53. The van der Waals surface area contributed by atoms with Crippen molar-refractivity contribution in [3.8, 4) is 0 Å². The van der Waals surface area contributed by atoms with Crippen LogP contribution >= 0.6 is 11.8 Å². The van der Waals surface area contributed by atoms with Crippen LogP contribution < -0.4 is 0 Å². The van der Waals surface area contributed by atoms with E-state index in [0.717, 1.165) is 30.8 Å². The number of amides is 1. The standard InChI is InChI=1S/C19H23NO4S/c1-3-10-20(11-4-2)18(21)15-7-5-6-8-17(15)25-13-16-14(19(22)23)9-12-24-16/h5-9,12H,3-4,10-11,13H2,1-2H3,(H,22,23). The van der Waals surface area contributed by atoms with Crippen molar-refractivity contribution < 1.29 is 19.1 Å². The average molecular weight is 361 g/mol. The van der Waals surface area contributed by atoms with Crippen LogP contribution in [0.1, 0.15) is 53.2 Å². The predicted molar refractivity (Wildman–Crippen MR) is 98.2 cm³/mol. The number of carbonyl (C=O) groups is 2. The van der Waals surface area contributed by atoms with Gasteiger partial charge in [0.05, 0.1) is 17.6 Å². The summed E-state index contributed by atoms with van der Waals surface area (Å²) in [5.41, 5.74) is 0.813. The fourth-order valence-electron chi connectivity index (χ4n) is 2.58. The molecule has 2 aromatic rings. The molecule has 0 aliphatic carbocycles. The maximum absolute atomic E-state index is 12.9. The lowest BCUT2D eigenvalue weighted by Crippen LogP contribution is -2.32. The average Bonchev–Trinajstić information content (AvgIpc) is 3.08. The van der Waals surface area contributed by atoms with Gasteiger partial charge in [-0.3, -0.25) is 4.79 Å².